The van der Waals surface area contributed by atoms with Crippen molar-refractivity contribution in [3.8, 4) is 11.3 Å². The van der Waals surface area contributed by atoms with Crippen molar-refractivity contribution in [2.75, 3.05) is 0 Å². The molecule has 1 aromatic heterocycles. The predicted molar refractivity (Wildman–Crippen MR) is 72.1 cm³/mol. The van der Waals surface area contributed by atoms with E-state index in [9.17, 15) is 8.78 Å². The second-order valence-corrected chi connectivity index (χ2v) is 5.20. The van der Waals surface area contributed by atoms with Crippen molar-refractivity contribution in [1.29, 1.82) is 0 Å². The van der Waals surface area contributed by atoms with Crippen LogP contribution in [0.1, 0.15) is 31.4 Å². The number of halogens is 2. The van der Waals surface area contributed by atoms with Gasteiger partial charge in [0.15, 0.2) is 0 Å². The SMILES string of the molecule is CC(C)Cc1ccc(-c2nn(C)cc2C(F)F)cc1. The summed E-state index contributed by atoms with van der Waals surface area (Å²) in [5.74, 6) is 0.581. The van der Waals surface area contributed by atoms with Crippen LogP contribution in [0.4, 0.5) is 8.78 Å². The molecule has 19 heavy (non-hydrogen) atoms. The molecule has 4 heteroatoms. The van der Waals surface area contributed by atoms with Crippen LogP contribution in [-0.2, 0) is 13.5 Å². The molecule has 102 valence electrons. The van der Waals surface area contributed by atoms with Gasteiger partial charge in [-0.25, -0.2) is 8.78 Å². The van der Waals surface area contributed by atoms with E-state index in [4.69, 9.17) is 0 Å². The average Bonchev–Trinajstić information content (AvgIpc) is 2.72. The number of aromatic nitrogens is 2. The first kappa shape index (κ1) is 13.7. The van der Waals surface area contributed by atoms with Gasteiger partial charge in [0.1, 0.15) is 5.69 Å². The summed E-state index contributed by atoms with van der Waals surface area (Å²) in [6.07, 6.45) is -0.134. The minimum atomic E-state index is -2.50. The second kappa shape index (κ2) is 5.51. The second-order valence-electron chi connectivity index (χ2n) is 5.20. The van der Waals surface area contributed by atoms with Crippen molar-refractivity contribution < 1.29 is 8.78 Å². The predicted octanol–water partition coefficient (Wildman–Crippen LogP) is 4.22. The molecule has 0 saturated heterocycles. The molecular weight excluding hydrogens is 246 g/mol. The fourth-order valence-electron chi connectivity index (χ4n) is 2.16. The Morgan fingerprint density at radius 1 is 1.16 bits per heavy atom. The van der Waals surface area contributed by atoms with Crippen molar-refractivity contribution in [1.82, 2.24) is 9.78 Å². The molecule has 1 heterocycles. The van der Waals surface area contributed by atoms with Crippen LogP contribution in [0, 0.1) is 5.92 Å². The summed E-state index contributed by atoms with van der Waals surface area (Å²) in [6.45, 7) is 4.31. The molecule has 0 amide bonds. The van der Waals surface area contributed by atoms with Gasteiger partial charge in [-0.3, -0.25) is 4.68 Å². The third-order valence-electron chi connectivity index (χ3n) is 2.96. The van der Waals surface area contributed by atoms with Crippen LogP contribution in [0.2, 0.25) is 0 Å². The van der Waals surface area contributed by atoms with Gasteiger partial charge in [-0.05, 0) is 17.9 Å². The molecule has 0 radical (unpaired) electrons. The van der Waals surface area contributed by atoms with Crippen LogP contribution in [0.15, 0.2) is 30.5 Å². The first-order chi connectivity index (χ1) is 8.97. The molecule has 0 aliphatic heterocycles. The fourth-order valence-corrected chi connectivity index (χ4v) is 2.16. The highest BCUT2D eigenvalue weighted by Gasteiger charge is 2.18. The third kappa shape index (κ3) is 3.19. The Morgan fingerprint density at radius 3 is 2.32 bits per heavy atom. The number of benzene rings is 1. The minimum Gasteiger partial charge on any atom is -0.275 e. The van der Waals surface area contributed by atoms with E-state index in [0.717, 1.165) is 12.0 Å². The van der Waals surface area contributed by atoms with Crippen LogP contribution in [0.25, 0.3) is 11.3 Å². The fraction of sp³-hybridized carbons (Fsp3) is 0.400. The summed E-state index contributed by atoms with van der Waals surface area (Å²) in [6, 6.07) is 7.70. The normalized spacial score (nSPS) is 11.5. The Morgan fingerprint density at radius 2 is 1.79 bits per heavy atom. The number of alkyl halides is 2. The van der Waals surface area contributed by atoms with E-state index in [0.29, 0.717) is 11.6 Å². The smallest absolute Gasteiger partial charge is 0.267 e. The molecule has 0 bridgehead atoms. The highest BCUT2D eigenvalue weighted by atomic mass is 19.3. The van der Waals surface area contributed by atoms with E-state index in [-0.39, 0.29) is 5.56 Å². The lowest BCUT2D eigenvalue weighted by molar-refractivity contribution is 0.152. The standard InChI is InChI=1S/C15H18F2N2/c1-10(2)8-11-4-6-12(7-5-11)14-13(15(16)17)9-19(3)18-14/h4-7,9-10,15H,8H2,1-3H3. The van der Waals surface area contributed by atoms with Gasteiger partial charge in [0.2, 0.25) is 0 Å². The molecule has 0 spiro atoms. The van der Waals surface area contributed by atoms with Gasteiger partial charge in [0.05, 0.1) is 5.56 Å². The van der Waals surface area contributed by atoms with Gasteiger partial charge in [-0.2, -0.15) is 5.10 Å². The summed E-state index contributed by atoms with van der Waals surface area (Å²) in [5.41, 5.74) is 2.31. The van der Waals surface area contributed by atoms with Gasteiger partial charge >= 0.3 is 0 Å². The highest BCUT2D eigenvalue weighted by molar-refractivity contribution is 5.63. The zero-order chi connectivity index (χ0) is 14.0. The number of aryl methyl sites for hydroxylation is 1. The van der Waals surface area contributed by atoms with E-state index in [1.807, 2.05) is 24.3 Å². The average molecular weight is 264 g/mol. The van der Waals surface area contributed by atoms with Crippen molar-refractivity contribution in [3.63, 3.8) is 0 Å². The molecule has 0 aliphatic rings. The van der Waals surface area contributed by atoms with E-state index < -0.39 is 6.43 Å². The monoisotopic (exact) mass is 264 g/mol. The van der Waals surface area contributed by atoms with Crippen LogP contribution >= 0.6 is 0 Å². The zero-order valence-electron chi connectivity index (χ0n) is 11.4. The van der Waals surface area contributed by atoms with Crippen LogP contribution in [-0.4, -0.2) is 9.78 Å². The lowest BCUT2D eigenvalue weighted by Gasteiger charge is -2.06. The van der Waals surface area contributed by atoms with Crippen molar-refractivity contribution in [2.24, 2.45) is 13.0 Å². The number of hydrogen-bond acceptors (Lipinski definition) is 1. The largest absolute Gasteiger partial charge is 0.275 e. The molecule has 2 aromatic rings. The Balaban J connectivity index is 2.32. The Kier molecular flexibility index (Phi) is 3.98. The Hall–Kier alpha value is -1.71. The van der Waals surface area contributed by atoms with Gasteiger partial charge in [0, 0.05) is 18.8 Å². The molecule has 2 nitrogen and oxygen atoms in total. The van der Waals surface area contributed by atoms with Gasteiger partial charge in [-0.1, -0.05) is 38.1 Å². The molecule has 1 aromatic carbocycles. The van der Waals surface area contributed by atoms with Gasteiger partial charge in [-0.15, -0.1) is 0 Å². The first-order valence-corrected chi connectivity index (χ1v) is 6.38. The minimum absolute atomic E-state index is 0.0147. The highest BCUT2D eigenvalue weighted by Crippen LogP contribution is 2.30. The molecule has 0 aliphatic carbocycles. The van der Waals surface area contributed by atoms with Crippen molar-refractivity contribution in [3.05, 3.63) is 41.6 Å². The van der Waals surface area contributed by atoms with Crippen LogP contribution < -0.4 is 0 Å². The Bertz CT molecular complexity index is 542. The molecule has 0 fully saturated rings. The molecule has 0 saturated carbocycles. The lowest BCUT2D eigenvalue weighted by Crippen LogP contribution is -1.94. The molecular formula is C15H18F2N2. The zero-order valence-corrected chi connectivity index (χ0v) is 11.4. The Labute approximate surface area is 112 Å². The van der Waals surface area contributed by atoms with Crippen molar-refractivity contribution in [2.45, 2.75) is 26.7 Å². The lowest BCUT2D eigenvalue weighted by atomic mass is 10.0. The maximum atomic E-state index is 12.9. The summed E-state index contributed by atoms with van der Waals surface area (Å²) < 4.78 is 27.3. The van der Waals surface area contributed by atoms with Gasteiger partial charge < -0.3 is 0 Å². The van der Waals surface area contributed by atoms with Crippen molar-refractivity contribution >= 4 is 0 Å². The summed E-state index contributed by atoms with van der Waals surface area (Å²) in [5, 5.41) is 4.13. The number of nitrogens with zero attached hydrogens (tertiary/aromatic N) is 2. The van der Waals surface area contributed by atoms with E-state index in [2.05, 4.69) is 18.9 Å². The molecule has 0 atom stereocenters. The van der Waals surface area contributed by atoms with Crippen LogP contribution in [0.5, 0.6) is 0 Å². The van der Waals surface area contributed by atoms with E-state index in [1.165, 1.54) is 16.4 Å². The maximum Gasteiger partial charge on any atom is 0.267 e. The molecule has 0 N–H and O–H groups in total. The van der Waals surface area contributed by atoms with Crippen LogP contribution in [0.3, 0.4) is 0 Å². The topological polar surface area (TPSA) is 17.8 Å². The third-order valence-corrected chi connectivity index (χ3v) is 2.96. The first-order valence-electron chi connectivity index (χ1n) is 6.38. The molecule has 0 unspecified atom stereocenters. The number of rotatable bonds is 4. The van der Waals surface area contributed by atoms with E-state index in [1.54, 1.807) is 7.05 Å². The maximum absolute atomic E-state index is 12.9. The summed E-state index contributed by atoms with van der Waals surface area (Å²) in [4.78, 5) is 0. The van der Waals surface area contributed by atoms with E-state index >= 15 is 0 Å². The number of hydrogen-bond donors (Lipinski definition) is 0. The summed E-state index contributed by atoms with van der Waals surface area (Å²) >= 11 is 0. The quantitative estimate of drug-likeness (QED) is 0.808. The van der Waals surface area contributed by atoms with Gasteiger partial charge in [0.25, 0.3) is 6.43 Å². The molecule has 2 rings (SSSR count). The summed E-state index contributed by atoms with van der Waals surface area (Å²) in [7, 11) is 1.66.